The highest BCUT2D eigenvalue weighted by atomic mass is 127. The van der Waals surface area contributed by atoms with E-state index in [2.05, 4.69) is 21.0 Å². The summed E-state index contributed by atoms with van der Waals surface area (Å²) in [7, 11) is 0. The van der Waals surface area contributed by atoms with Gasteiger partial charge in [-0.25, -0.2) is 9.48 Å². The van der Waals surface area contributed by atoms with E-state index in [-0.39, 0.29) is 80.1 Å². The van der Waals surface area contributed by atoms with Crippen LogP contribution in [0.15, 0.2) is 36.4 Å². The summed E-state index contributed by atoms with van der Waals surface area (Å²) in [4.78, 5) is 78.9. The first-order valence-electron chi connectivity index (χ1n) is 15.6. The van der Waals surface area contributed by atoms with Crippen LogP contribution in [0.2, 0.25) is 0 Å². The summed E-state index contributed by atoms with van der Waals surface area (Å²) < 4.78 is 12.7. The second-order valence-corrected chi connectivity index (χ2v) is 12.3. The van der Waals surface area contributed by atoms with Crippen LogP contribution in [0.25, 0.3) is 5.69 Å². The average Bonchev–Trinajstić information content (AvgIpc) is 3.80. The minimum absolute atomic E-state index is 0.0478. The van der Waals surface area contributed by atoms with Crippen molar-refractivity contribution in [1.82, 2.24) is 35.5 Å². The van der Waals surface area contributed by atoms with Crippen LogP contribution in [-0.2, 0) is 23.9 Å². The second-order valence-electron chi connectivity index (χ2n) is 11.6. The van der Waals surface area contributed by atoms with Gasteiger partial charge < -0.3 is 40.3 Å². The smallest absolute Gasteiger partial charge is 0.409 e. The fourth-order valence-electron chi connectivity index (χ4n) is 4.82. The lowest BCUT2D eigenvalue weighted by Gasteiger charge is -2.35. The number of carboxylic acid groups (broad SMARTS) is 1. The number of carbonyl (C=O) groups is 6. The summed E-state index contributed by atoms with van der Waals surface area (Å²) in [6, 6.07) is 9.03. The van der Waals surface area contributed by atoms with Crippen molar-refractivity contribution in [3.8, 4) is 11.6 Å². The Labute approximate surface area is 291 Å². The molecule has 1 aromatic heterocycles. The van der Waals surface area contributed by atoms with Crippen LogP contribution >= 0.6 is 22.6 Å². The molecule has 1 aliphatic heterocycles. The summed E-state index contributed by atoms with van der Waals surface area (Å²) >= 11 is 2.00. The molecule has 16 nitrogen and oxygen atoms in total. The summed E-state index contributed by atoms with van der Waals surface area (Å²) in [6.07, 6.45) is 0.783. The molecule has 260 valence electrons. The van der Waals surface area contributed by atoms with Gasteiger partial charge in [0.05, 0.1) is 18.8 Å². The van der Waals surface area contributed by atoms with Crippen molar-refractivity contribution in [2.75, 3.05) is 43.8 Å². The molecule has 2 fully saturated rings. The lowest BCUT2D eigenvalue weighted by molar-refractivity contribution is -0.138. The number of carbonyl (C=O) groups excluding carboxylic acids is 5. The first-order valence-corrected chi connectivity index (χ1v) is 17.2. The number of halogens is 1. The molecule has 2 aliphatic rings. The Kier molecular flexibility index (Phi) is 12.6. The van der Waals surface area contributed by atoms with E-state index in [1.165, 1.54) is 20.5 Å². The predicted molar refractivity (Wildman–Crippen MR) is 179 cm³/mol. The standard InChI is InChI=1S/C31H40IN7O9/c1-3-47-30(46)38-15-13-37(14-16-38)28(44)22(11-12-26(41)42)35-27(43)23-17-25(39(36-23)21-7-5-4-6-8-21)48-31(2,19-32)29(45)33-18-24(40)34-20-9-10-20/h4-8,17,20,22H,3,9-16,18-19H2,1-2H3,(H,33,45)(H,34,40)(H,35,43)(H,41,42). The number of ether oxygens (including phenoxy) is 2. The van der Waals surface area contributed by atoms with E-state index >= 15 is 0 Å². The number of hydrogen-bond acceptors (Lipinski definition) is 9. The van der Waals surface area contributed by atoms with Gasteiger partial charge in [-0.1, -0.05) is 40.8 Å². The Bertz CT molecular complexity index is 1490. The number of benzene rings is 1. The van der Waals surface area contributed by atoms with Gasteiger partial charge in [-0.3, -0.25) is 24.0 Å². The molecule has 17 heteroatoms. The van der Waals surface area contributed by atoms with Crippen molar-refractivity contribution >= 4 is 58.3 Å². The molecule has 1 saturated carbocycles. The highest BCUT2D eigenvalue weighted by Gasteiger charge is 2.37. The Morgan fingerprint density at radius 1 is 1.06 bits per heavy atom. The van der Waals surface area contributed by atoms with Crippen LogP contribution in [0, 0.1) is 0 Å². The average molecular weight is 782 g/mol. The number of alkyl halides is 1. The normalized spacial score (nSPS) is 16.2. The molecule has 0 spiro atoms. The van der Waals surface area contributed by atoms with E-state index < -0.39 is 41.4 Å². The zero-order valence-corrected chi connectivity index (χ0v) is 28.9. The lowest BCUT2D eigenvalue weighted by atomic mass is 10.1. The number of hydrogen-bond donors (Lipinski definition) is 4. The molecule has 1 saturated heterocycles. The largest absolute Gasteiger partial charge is 0.481 e. The molecule has 4 N–H and O–H groups in total. The van der Waals surface area contributed by atoms with Gasteiger partial charge in [0.2, 0.25) is 17.7 Å². The molecule has 48 heavy (non-hydrogen) atoms. The second kappa shape index (κ2) is 16.6. The zero-order chi connectivity index (χ0) is 34.8. The van der Waals surface area contributed by atoms with Gasteiger partial charge in [0.25, 0.3) is 11.8 Å². The Balaban J connectivity index is 1.52. The van der Waals surface area contributed by atoms with E-state index in [4.69, 9.17) is 9.47 Å². The lowest BCUT2D eigenvalue weighted by Crippen LogP contribution is -2.56. The predicted octanol–water partition coefficient (Wildman–Crippen LogP) is 1.10. The third kappa shape index (κ3) is 9.80. The molecule has 4 rings (SSSR count). The number of nitrogens with one attached hydrogen (secondary N) is 3. The topological polar surface area (TPSA) is 202 Å². The molecule has 0 radical (unpaired) electrons. The van der Waals surface area contributed by atoms with E-state index in [0.717, 1.165) is 12.8 Å². The van der Waals surface area contributed by atoms with Gasteiger partial charge in [-0.15, -0.1) is 0 Å². The molecule has 1 aliphatic carbocycles. The monoisotopic (exact) mass is 781 g/mol. The van der Waals surface area contributed by atoms with E-state index in [0.29, 0.717) is 5.69 Å². The van der Waals surface area contributed by atoms with Crippen LogP contribution in [-0.4, -0.2) is 122 Å². The molecular weight excluding hydrogens is 741 g/mol. The molecule has 2 heterocycles. The van der Waals surface area contributed by atoms with Crippen molar-refractivity contribution in [2.45, 2.75) is 57.2 Å². The van der Waals surface area contributed by atoms with Gasteiger partial charge in [0.15, 0.2) is 11.3 Å². The number of aromatic nitrogens is 2. The number of nitrogens with zero attached hydrogens (tertiary/aromatic N) is 4. The number of carboxylic acids is 1. The summed E-state index contributed by atoms with van der Waals surface area (Å²) in [5, 5.41) is 21.8. The molecule has 2 aromatic rings. The molecule has 2 atom stereocenters. The zero-order valence-electron chi connectivity index (χ0n) is 26.8. The fraction of sp³-hybridized carbons (Fsp3) is 0.516. The van der Waals surface area contributed by atoms with Crippen LogP contribution in [0.3, 0.4) is 0 Å². The quantitative estimate of drug-likeness (QED) is 0.150. The van der Waals surface area contributed by atoms with Crippen LogP contribution in [0.1, 0.15) is 50.0 Å². The van der Waals surface area contributed by atoms with Crippen LogP contribution in [0.4, 0.5) is 4.79 Å². The molecule has 1 aromatic carbocycles. The van der Waals surface area contributed by atoms with Gasteiger partial charge in [-0.2, -0.15) is 5.10 Å². The molecular formula is C31H40IN7O9. The van der Waals surface area contributed by atoms with E-state index in [9.17, 15) is 33.9 Å². The van der Waals surface area contributed by atoms with Gasteiger partial charge in [0.1, 0.15) is 6.04 Å². The highest BCUT2D eigenvalue weighted by molar-refractivity contribution is 14.1. The summed E-state index contributed by atoms with van der Waals surface area (Å²) in [5.41, 5.74) is -1.09. The third-order valence-electron chi connectivity index (χ3n) is 7.69. The van der Waals surface area contributed by atoms with Crippen molar-refractivity contribution in [3.63, 3.8) is 0 Å². The van der Waals surface area contributed by atoms with Crippen LogP contribution < -0.4 is 20.7 Å². The van der Waals surface area contributed by atoms with E-state index in [1.807, 2.05) is 22.6 Å². The van der Waals surface area contributed by atoms with E-state index in [1.54, 1.807) is 44.2 Å². The summed E-state index contributed by atoms with van der Waals surface area (Å²) in [5.74, 6) is -3.20. The van der Waals surface area contributed by atoms with Crippen molar-refractivity contribution < 1.29 is 43.3 Å². The van der Waals surface area contributed by atoms with Crippen molar-refractivity contribution in [2.24, 2.45) is 0 Å². The number of aliphatic carboxylic acids is 1. The Morgan fingerprint density at radius 2 is 1.73 bits per heavy atom. The Hall–Kier alpha value is -4.42. The fourth-order valence-corrected chi connectivity index (χ4v) is 5.32. The first-order chi connectivity index (χ1) is 22.9. The molecule has 5 amide bonds. The third-order valence-corrected chi connectivity index (χ3v) is 9.15. The summed E-state index contributed by atoms with van der Waals surface area (Å²) in [6.45, 7) is 4.05. The molecule has 0 bridgehead atoms. The number of amides is 5. The Morgan fingerprint density at radius 3 is 2.33 bits per heavy atom. The maximum atomic E-state index is 13.6. The van der Waals surface area contributed by atoms with Crippen molar-refractivity contribution in [1.29, 1.82) is 0 Å². The SMILES string of the molecule is CCOC(=O)N1CCN(C(=O)C(CCC(=O)O)NC(=O)c2cc(OC(C)(CI)C(=O)NCC(=O)NC3CC3)n(-c3ccccc3)n2)CC1. The molecule has 2 unspecified atom stereocenters. The first kappa shape index (κ1) is 36.4. The minimum Gasteiger partial charge on any atom is -0.481 e. The van der Waals surface area contributed by atoms with Gasteiger partial charge >= 0.3 is 12.1 Å². The number of para-hydroxylation sites is 1. The number of rotatable bonds is 15. The minimum atomic E-state index is -1.47. The highest BCUT2D eigenvalue weighted by Crippen LogP contribution is 2.26. The number of piperazine rings is 1. The van der Waals surface area contributed by atoms with Crippen molar-refractivity contribution in [3.05, 3.63) is 42.1 Å². The maximum absolute atomic E-state index is 13.6. The van der Waals surface area contributed by atoms with Crippen LogP contribution in [0.5, 0.6) is 5.88 Å². The maximum Gasteiger partial charge on any atom is 0.409 e. The van der Waals surface area contributed by atoms with Gasteiger partial charge in [-0.05, 0) is 45.2 Å². The van der Waals surface area contributed by atoms with Gasteiger partial charge in [0, 0.05) is 49.1 Å².